The second-order valence-corrected chi connectivity index (χ2v) is 7.92. The minimum absolute atomic E-state index is 0.0758. The molecule has 32 heavy (non-hydrogen) atoms. The van der Waals surface area contributed by atoms with Crippen molar-refractivity contribution in [2.24, 2.45) is 0 Å². The van der Waals surface area contributed by atoms with E-state index >= 15 is 0 Å². The van der Waals surface area contributed by atoms with Gasteiger partial charge in [0.15, 0.2) is 5.76 Å². The first-order valence-corrected chi connectivity index (χ1v) is 10.8. The smallest absolute Gasteiger partial charge is 0.289 e. The van der Waals surface area contributed by atoms with E-state index in [9.17, 15) is 4.79 Å². The molecular formula is C25H25N5O2. The highest BCUT2D eigenvalue weighted by Gasteiger charge is 2.25. The number of nitrogens with zero attached hydrogens (tertiary/aromatic N) is 4. The second-order valence-electron chi connectivity index (χ2n) is 7.92. The first-order valence-electron chi connectivity index (χ1n) is 10.8. The van der Waals surface area contributed by atoms with E-state index < -0.39 is 0 Å². The van der Waals surface area contributed by atoms with Crippen LogP contribution in [0, 0.1) is 0 Å². The van der Waals surface area contributed by atoms with Crippen LogP contribution >= 0.6 is 0 Å². The number of hydrogen-bond acceptors (Lipinski definition) is 6. The Morgan fingerprint density at radius 3 is 2.44 bits per heavy atom. The molecule has 1 amide bonds. The van der Waals surface area contributed by atoms with E-state index in [0.717, 1.165) is 16.7 Å². The third-order valence-electron chi connectivity index (χ3n) is 5.83. The summed E-state index contributed by atoms with van der Waals surface area (Å²) >= 11 is 0. The molecule has 1 unspecified atom stereocenters. The van der Waals surface area contributed by atoms with Gasteiger partial charge in [-0.3, -0.25) is 4.79 Å². The Morgan fingerprint density at radius 2 is 1.69 bits per heavy atom. The number of para-hydroxylation sites is 1. The third kappa shape index (κ3) is 4.01. The van der Waals surface area contributed by atoms with Gasteiger partial charge < -0.3 is 19.5 Å². The Labute approximate surface area is 186 Å². The van der Waals surface area contributed by atoms with Crippen LogP contribution in [0.25, 0.3) is 10.9 Å². The predicted molar refractivity (Wildman–Crippen MR) is 125 cm³/mol. The molecule has 0 radical (unpaired) electrons. The summed E-state index contributed by atoms with van der Waals surface area (Å²) in [4.78, 5) is 26.2. The molecule has 162 valence electrons. The lowest BCUT2D eigenvalue weighted by atomic mass is 10.1. The Bertz CT molecular complexity index is 1200. The van der Waals surface area contributed by atoms with E-state index in [-0.39, 0.29) is 11.9 Å². The lowest BCUT2D eigenvalue weighted by molar-refractivity contribution is 0.0714. The van der Waals surface area contributed by atoms with Crippen LogP contribution in [-0.2, 0) is 0 Å². The van der Waals surface area contributed by atoms with Crippen LogP contribution in [0.2, 0.25) is 0 Å². The number of hydrogen-bond donors (Lipinski definition) is 1. The van der Waals surface area contributed by atoms with Gasteiger partial charge in [-0.2, -0.15) is 4.98 Å². The standard InChI is InChI=1S/C25H25N5O2/c1-18(19-8-3-2-4-9-19)26-23-20-10-5-6-11-21(20)27-25(28-23)30-15-13-29(14-16-30)24(31)22-12-7-17-32-22/h2-12,17-18H,13-16H2,1H3,(H,26,27,28). The topological polar surface area (TPSA) is 74.5 Å². The molecule has 2 aromatic carbocycles. The summed E-state index contributed by atoms with van der Waals surface area (Å²) in [6.07, 6.45) is 1.53. The molecule has 7 heteroatoms. The van der Waals surface area contributed by atoms with Gasteiger partial charge in [-0.05, 0) is 36.8 Å². The highest BCUT2D eigenvalue weighted by molar-refractivity contribution is 5.92. The molecule has 1 atom stereocenters. The van der Waals surface area contributed by atoms with Crippen LogP contribution < -0.4 is 10.2 Å². The van der Waals surface area contributed by atoms with E-state index in [4.69, 9.17) is 14.4 Å². The molecule has 5 rings (SSSR count). The Morgan fingerprint density at radius 1 is 0.938 bits per heavy atom. The average Bonchev–Trinajstić information content (AvgIpc) is 3.39. The van der Waals surface area contributed by atoms with Crippen molar-refractivity contribution < 1.29 is 9.21 Å². The highest BCUT2D eigenvalue weighted by atomic mass is 16.3. The van der Waals surface area contributed by atoms with Crippen molar-refractivity contribution in [2.45, 2.75) is 13.0 Å². The van der Waals surface area contributed by atoms with Gasteiger partial charge in [-0.1, -0.05) is 42.5 Å². The average molecular weight is 428 g/mol. The largest absolute Gasteiger partial charge is 0.459 e. The first kappa shape index (κ1) is 20.1. The van der Waals surface area contributed by atoms with Gasteiger partial charge in [0, 0.05) is 37.6 Å². The lowest BCUT2D eigenvalue weighted by Gasteiger charge is -2.34. The molecular weight excluding hydrogens is 402 g/mol. The summed E-state index contributed by atoms with van der Waals surface area (Å²) in [5, 5.41) is 4.56. The molecule has 2 aromatic heterocycles. The first-order chi connectivity index (χ1) is 15.7. The maximum absolute atomic E-state index is 12.6. The highest BCUT2D eigenvalue weighted by Crippen LogP contribution is 2.27. The van der Waals surface area contributed by atoms with E-state index in [1.54, 1.807) is 12.1 Å². The number of aromatic nitrogens is 2. The normalized spacial score (nSPS) is 15.0. The van der Waals surface area contributed by atoms with Gasteiger partial charge in [-0.25, -0.2) is 4.98 Å². The maximum atomic E-state index is 12.6. The molecule has 1 aliphatic heterocycles. The Hall–Kier alpha value is -3.87. The van der Waals surface area contributed by atoms with Crippen LogP contribution in [0.3, 0.4) is 0 Å². The van der Waals surface area contributed by atoms with Crippen LogP contribution in [-0.4, -0.2) is 47.0 Å². The number of carbonyl (C=O) groups excluding carboxylic acids is 1. The molecule has 0 spiro atoms. The van der Waals surface area contributed by atoms with E-state index in [2.05, 4.69) is 29.3 Å². The zero-order valence-electron chi connectivity index (χ0n) is 17.9. The molecule has 3 heterocycles. The van der Waals surface area contributed by atoms with Gasteiger partial charge in [0.2, 0.25) is 5.95 Å². The van der Waals surface area contributed by atoms with Gasteiger partial charge in [0.05, 0.1) is 11.8 Å². The van der Waals surface area contributed by atoms with Crippen molar-refractivity contribution in [3.8, 4) is 0 Å². The number of anilines is 2. The summed E-state index contributed by atoms with van der Waals surface area (Å²) in [6, 6.07) is 21.9. The van der Waals surface area contributed by atoms with Crippen molar-refractivity contribution in [3.63, 3.8) is 0 Å². The molecule has 0 aliphatic carbocycles. The van der Waals surface area contributed by atoms with Crippen LogP contribution in [0.15, 0.2) is 77.4 Å². The molecule has 1 saturated heterocycles. The Kier molecular flexibility index (Phi) is 5.46. The second kappa shape index (κ2) is 8.70. The maximum Gasteiger partial charge on any atom is 0.289 e. The van der Waals surface area contributed by atoms with E-state index in [0.29, 0.717) is 37.9 Å². The lowest BCUT2D eigenvalue weighted by Crippen LogP contribution is -2.49. The fourth-order valence-electron chi connectivity index (χ4n) is 4.01. The van der Waals surface area contributed by atoms with Crippen LogP contribution in [0.1, 0.15) is 29.1 Å². The van der Waals surface area contributed by atoms with Gasteiger partial charge in [0.1, 0.15) is 5.82 Å². The predicted octanol–water partition coefficient (Wildman–Crippen LogP) is 4.36. The molecule has 7 nitrogen and oxygen atoms in total. The fourth-order valence-corrected chi connectivity index (χ4v) is 4.01. The quantitative estimate of drug-likeness (QED) is 0.510. The summed E-state index contributed by atoms with van der Waals surface area (Å²) in [7, 11) is 0. The van der Waals surface area contributed by atoms with Crippen molar-refractivity contribution in [2.75, 3.05) is 36.4 Å². The molecule has 4 aromatic rings. The fraction of sp³-hybridized carbons (Fsp3) is 0.240. The molecule has 1 aliphatic rings. The summed E-state index contributed by atoms with van der Waals surface area (Å²) in [6.45, 7) is 4.65. The summed E-state index contributed by atoms with van der Waals surface area (Å²) in [5.41, 5.74) is 2.09. The monoisotopic (exact) mass is 427 g/mol. The number of piperazine rings is 1. The molecule has 0 bridgehead atoms. The summed E-state index contributed by atoms with van der Waals surface area (Å²) in [5.74, 6) is 1.79. The van der Waals surface area contributed by atoms with Crippen LogP contribution in [0.4, 0.5) is 11.8 Å². The molecule has 0 saturated carbocycles. The van der Waals surface area contributed by atoms with Gasteiger partial charge in [-0.15, -0.1) is 0 Å². The zero-order chi connectivity index (χ0) is 21.9. The molecule has 1 fully saturated rings. The van der Waals surface area contributed by atoms with Gasteiger partial charge >= 0.3 is 0 Å². The molecule has 1 N–H and O–H groups in total. The van der Waals surface area contributed by atoms with Crippen molar-refractivity contribution in [1.29, 1.82) is 0 Å². The minimum atomic E-state index is -0.0758. The van der Waals surface area contributed by atoms with Crippen molar-refractivity contribution in [3.05, 3.63) is 84.3 Å². The number of fused-ring (bicyclic) bond motifs is 1. The van der Waals surface area contributed by atoms with E-state index in [1.165, 1.54) is 11.8 Å². The number of nitrogens with one attached hydrogen (secondary N) is 1. The number of furan rings is 1. The van der Waals surface area contributed by atoms with E-state index in [1.807, 2.05) is 47.4 Å². The SMILES string of the molecule is CC(Nc1nc(N2CCN(C(=O)c3ccco3)CC2)nc2ccccc12)c1ccccc1. The summed E-state index contributed by atoms with van der Waals surface area (Å²) < 4.78 is 5.26. The zero-order valence-corrected chi connectivity index (χ0v) is 17.9. The number of amides is 1. The number of carbonyl (C=O) groups is 1. The number of benzene rings is 2. The Balaban J connectivity index is 1.37. The van der Waals surface area contributed by atoms with Crippen LogP contribution in [0.5, 0.6) is 0 Å². The van der Waals surface area contributed by atoms with Crippen molar-refractivity contribution >= 4 is 28.6 Å². The third-order valence-corrected chi connectivity index (χ3v) is 5.83. The number of rotatable bonds is 5. The minimum Gasteiger partial charge on any atom is -0.459 e. The van der Waals surface area contributed by atoms with Crippen molar-refractivity contribution in [1.82, 2.24) is 14.9 Å². The van der Waals surface area contributed by atoms with Gasteiger partial charge in [0.25, 0.3) is 5.91 Å².